The molecule has 0 aliphatic rings. The lowest BCUT2D eigenvalue weighted by atomic mass is 10.3. The van der Waals surface area contributed by atoms with E-state index in [-0.39, 0.29) is 5.91 Å². The van der Waals surface area contributed by atoms with E-state index in [2.05, 4.69) is 30.9 Å². The van der Waals surface area contributed by atoms with Gasteiger partial charge in [-0.05, 0) is 12.1 Å². The number of para-hydroxylation sites is 1. The highest BCUT2D eigenvalue weighted by Crippen LogP contribution is 2.11. The van der Waals surface area contributed by atoms with Gasteiger partial charge in [0.1, 0.15) is 5.69 Å². The Morgan fingerprint density at radius 1 is 1.25 bits per heavy atom. The molecule has 0 atom stereocenters. The van der Waals surface area contributed by atoms with Crippen molar-refractivity contribution in [3.8, 4) is 0 Å². The first-order chi connectivity index (χ1) is 9.74. The van der Waals surface area contributed by atoms with Crippen LogP contribution in [0.3, 0.4) is 0 Å². The van der Waals surface area contributed by atoms with Gasteiger partial charge in [0.25, 0.3) is 5.91 Å². The fourth-order valence-corrected chi connectivity index (χ4v) is 1.60. The number of guanidine groups is 1. The predicted octanol–water partition coefficient (Wildman–Crippen LogP) is 1.28. The number of imidazole rings is 1. The van der Waals surface area contributed by atoms with Crippen molar-refractivity contribution in [2.45, 2.75) is 0 Å². The molecule has 0 unspecified atom stereocenters. The Balaban J connectivity index is 2.12. The van der Waals surface area contributed by atoms with Crippen LogP contribution < -0.4 is 16.0 Å². The van der Waals surface area contributed by atoms with Crippen molar-refractivity contribution in [3.05, 3.63) is 42.4 Å². The Labute approximate surface area is 116 Å². The summed E-state index contributed by atoms with van der Waals surface area (Å²) in [6, 6.07) is 9.59. The summed E-state index contributed by atoms with van der Waals surface area (Å²) in [4.78, 5) is 22.6. The first kappa shape index (κ1) is 13.6. The maximum atomic E-state index is 11.6. The molecule has 7 heteroatoms. The third-order valence-electron chi connectivity index (χ3n) is 2.59. The largest absolute Gasteiger partial charge is 0.354 e. The highest BCUT2D eigenvalue weighted by molar-refractivity contribution is 6.06. The summed E-state index contributed by atoms with van der Waals surface area (Å²) in [5, 5.41) is 8.62. The molecule has 4 N–H and O–H groups in total. The maximum absolute atomic E-state index is 11.6. The minimum absolute atomic E-state index is 0.250. The van der Waals surface area contributed by atoms with Gasteiger partial charge in [-0.15, -0.1) is 0 Å². The zero-order valence-corrected chi connectivity index (χ0v) is 11.3. The second-order valence-electron chi connectivity index (χ2n) is 3.89. The second kappa shape index (κ2) is 6.37. The average molecular weight is 272 g/mol. The van der Waals surface area contributed by atoms with Crippen LogP contribution in [0.2, 0.25) is 0 Å². The van der Waals surface area contributed by atoms with E-state index in [9.17, 15) is 4.79 Å². The molecule has 0 saturated carbocycles. The number of carbonyl (C=O) groups excluding carboxylic acids is 1. The molecule has 0 spiro atoms. The summed E-state index contributed by atoms with van der Waals surface area (Å²) >= 11 is 0. The molecule has 0 radical (unpaired) electrons. The van der Waals surface area contributed by atoms with Gasteiger partial charge in [0.05, 0.1) is 6.33 Å². The van der Waals surface area contributed by atoms with Crippen LogP contribution in [-0.4, -0.2) is 35.9 Å². The van der Waals surface area contributed by atoms with E-state index >= 15 is 0 Å². The summed E-state index contributed by atoms with van der Waals surface area (Å²) in [5.41, 5.74) is 1.24. The Kier molecular flexibility index (Phi) is 4.33. The molecule has 104 valence electrons. The SMILES string of the molecule is CN=C(Nc1ccccc1)Nc1nc[nH]c1C(=O)NC. The van der Waals surface area contributed by atoms with Crippen LogP contribution in [-0.2, 0) is 0 Å². The Hall–Kier alpha value is -2.83. The lowest BCUT2D eigenvalue weighted by molar-refractivity contribution is 0.0959. The zero-order valence-electron chi connectivity index (χ0n) is 11.3. The van der Waals surface area contributed by atoms with Crippen molar-refractivity contribution in [1.82, 2.24) is 15.3 Å². The quantitative estimate of drug-likeness (QED) is 0.500. The van der Waals surface area contributed by atoms with Crippen LogP contribution in [0.15, 0.2) is 41.7 Å². The van der Waals surface area contributed by atoms with Gasteiger partial charge in [-0.1, -0.05) is 18.2 Å². The first-order valence-corrected chi connectivity index (χ1v) is 6.06. The molecule has 1 heterocycles. The molecule has 0 aliphatic heterocycles. The van der Waals surface area contributed by atoms with E-state index < -0.39 is 0 Å². The van der Waals surface area contributed by atoms with E-state index in [4.69, 9.17) is 0 Å². The molecule has 1 amide bonds. The van der Waals surface area contributed by atoms with Crippen molar-refractivity contribution < 1.29 is 4.79 Å². The van der Waals surface area contributed by atoms with Crippen LogP contribution in [0.5, 0.6) is 0 Å². The number of aromatic amines is 1. The van der Waals surface area contributed by atoms with Gasteiger partial charge >= 0.3 is 0 Å². The van der Waals surface area contributed by atoms with Crippen molar-refractivity contribution in [3.63, 3.8) is 0 Å². The molecule has 7 nitrogen and oxygen atoms in total. The number of hydrogen-bond donors (Lipinski definition) is 4. The maximum Gasteiger partial charge on any atom is 0.271 e. The average Bonchev–Trinajstić information content (AvgIpc) is 2.95. The fourth-order valence-electron chi connectivity index (χ4n) is 1.60. The van der Waals surface area contributed by atoms with Crippen LogP contribution in [0.1, 0.15) is 10.5 Å². The van der Waals surface area contributed by atoms with Crippen molar-refractivity contribution in [1.29, 1.82) is 0 Å². The number of anilines is 2. The molecule has 0 fully saturated rings. The van der Waals surface area contributed by atoms with E-state index in [1.165, 1.54) is 6.33 Å². The van der Waals surface area contributed by atoms with Crippen LogP contribution in [0.4, 0.5) is 11.5 Å². The number of carbonyl (C=O) groups is 1. The minimum atomic E-state index is -0.250. The Morgan fingerprint density at radius 2 is 2.00 bits per heavy atom. The van der Waals surface area contributed by atoms with Gasteiger partial charge in [0.2, 0.25) is 5.96 Å². The number of aliphatic imine (C=N–C) groups is 1. The third kappa shape index (κ3) is 3.14. The van der Waals surface area contributed by atoms with E-state index in [1.807, 2.05) is 30.3 Å². The first-order valence-electron chi connectivity index (χ1n) is 6.06. The highest BCUT2D eigenvalue weighted by Gasteiger charge is 2.14. The van der Waals surface area contributed by atoms with E-state index in [0.717, 1.165) is 5.69 Å². The van der Waals surface area contributed by atoms with Crippen molar-refractivity contribution in [2.24, 2.45) is 4.99 Å². The number of benzene rings is 1. The normalized spacial score (nSPS) is 11.0. The van der Waals surface area contributed by atoms with Gasteiger partial charge in [-0.3, -0.25) is 9.79 Å². The molecule has 1 aromatic heterocycles. The number of H-pyrrole nitrogens is 1. The number of aromatic nitrogens is 2. The molecule has 0 aliphatic carbocycles. The standard InChI is InChI=1S/C13H16N6O/c1-14-12(20)10-11(17-8-16-10)19-13(15-2)18-9-6-4-3-5-7-9/h3-8H,1-2H3,(H,14,20)(H,16,17)(H2,15,18,19). The lowest BCUT2D eigenvalue weighted by Crippen LogP contribution is -2.25. The van der Waals surface area contributed by atoms with Gasteiger partial charge in [-0.25, -0.2) is 4.98 Å². The van der Waals surface area contributed by atoms with Crippen LogP contribution >= 0.6 is 0 Å². The molecular weight excluding hydrogens is 256 g/mol. The molecule has 20 heavy (non-hydrogen) atoms. The van der Waals surface area contributed by atoms with Crippen molar-refractivity contribution in [2.75, 3.05) is 24.7 Å². The molecule has 2 rings (SSSR count). The summed E-state index contributed by atoms with van der Waals surface area (Å²) in [6.07, 6.45) is 1.45. The number of nitrogens with zero attached hydrogens (tertiary/aromatic N) is 2. The van der Waals surface area contributed by atoms with Crippen molar-refractivity contribution >= 4 is 23.4 Å². The Bertz CT molecular complexity index is 604. The lowest BCUT2D eigenvalue weighted by Gasteiger charge is -2.11. The van der Waals surface area contributed by atoms with Crippen LogP contribution in [0.25, 0.3) is 0 Å². The molecule has 1 aromatic carbocycles. The summed E-state index contributed by atoms with van der Waals surface area (Å²) in [5.74, 6) is 0.655. The second-order valence-corrected chi connectivity index (χ2v) is 3.89. The molecular formula is C13H16N6O. The smallest absolute Gasteiger partial charge is 0.271 e. The van der Waals surface area contributed by atoms with Gasteiger partial charge < -0.3 is 20.9 Å². The van der Waals surface area contributed by atoms with E-state index in [1.54, 1.807) is 14.1 Å². The zero-order chi connectivity index (χ0) is 14.4. The molecule has 0 bridgehead atoms. The fraction of sp³-hybridized carbons (Fsp3) is 0.154. The monoisotopic (exact) mass is 272 g/mol. The van der Waals surface area contributed by atoms with E-state index in [0.29, 0.717) is 17.5 Å². The van der Waals surface area contributed by atoms with Gasteiger partial charge in [-0.2, -0.15) is 0 Å². The van der Waals surface area contributed by atoms with Crippen LogP contribution in [0, 0.1) is 0 Å². The summed E-state index contributed by atoms with van der Waals surface area (Å²) < 4.78 is 0. The summed E-state index contributed by atoms with van der Waals surface area (Å²) in [7, 11) is 3.20. The third-order valence-corrected chi connectivity index (χ3v) is 2.59. The minimum Gasteiger partial charge on any atom is -0.354 e. The topological polar surface area (TPSA) is 94.2 Å². The molecule has 0 saturated heterocycles. The van der Waals surface area contributed by atoms with Gasteiger partial charge in [0, 0.05) is 19.8 Å². The number of rotatable bonds is 3. The van der Waals surface area contributed by atoms with Gasteiger partial charge in [0.15, 0.2) is 5.82 Å². The highest BCUT2D eigenvalue weighted by atomic mass is 16.1. The number of amides is 1. The molecule has 2 aromatic rings. The number of hydrogen-bond acceptors (Lipinski definition) is 3. The Morgan fingerprint density at radius 3 is 2.65 bits per heavy atom. The summed E-state index contributed by atoms with van der Waals surface area (Å²) in [6.45, 7) is 0. The predicted molar refractivity (Wildman–Crippen MR) is 79.0 cm³/mol. The number of nitrogens with one attached hydrogen (secondary N) is 4.